The van der Waals surface area contributed by atoms with Crippen LogP contribution in [-0.4, -0.2) is 67.5 Å². The van der Waals surface area contributed by atoms with Crippen LogP contribution in [0.15, 0.2) is 24.3 Å². The van der Waals surface area contributed by atoms with E-state index < -0.39 is 23.4 Å². The number of nitrogens with zero attached hydrogens (tertiary/aromatic N) is 2. The maximum Gasteiger partial charge on any atom is 0.325 e. The number of methoxy groups -OCH3 is 2. The summed E-state index contributed by atoms with van der Waals surface area (Å²) in [5, 5.41) is 13.6. The summed E-state index contributed by atoms with van der Waals surface area (Å²) in [5.74, 6) is -0.657. The predicted octanol–water partition coefficient (Wildman–Crippen LogP) is 5.10. The molecule has 0 aliphatic carbocycles. The number of pyridine rings is 1. The second-order valence-corrected chi connectivity index (χ2v) is 11.0. The van der Waals surface area contributed by atoms with Gasteiger partial charge >= 0.3 is 5.97 Å². The summed E-state index contributed by atoms with van der Waals surface area (Å²) in [4.78, 5) is 19.0. The Labute approximate surface area is 230 Å². The van der Waals surface area contributed by atoms with E-state index in [0.717, 1.165) is 63.0 Å². The Morgan fingerprint density at radius 2 is 2.08 bits per heavy atom. The van der Waals surface area contributed by atoms with Gasteiger partial charge in [-0.3, -0.25) is 9.69 Å². The first-order chi connectivity index (χ1) is 18.7. The number of anilines is 1. The highest BCUT2D eigenvalue weighted by molar-refractivity contribution is 5.77. The Hall–Kier alpha value is -2.75. The van der Waals surface area contributed by atoms with E-state index in [1.54, 1.807) is 13.2 Å². The van der Waals surface area contributed by atoms with Crippen molar-refractivity contribution >= 4 is 11.8 Å². The molecule has 4 rings (SSSR count). The lowest BCUT2D eigenvalue weighted by Gasteiger charge is -2.29. The molecule has 3 heterocycles. The fraction of sp³-hybridized carbons (Fsp3) is 0.600. The summed E-state index contributed by atoms with van der Waals surface area (Å²) in [7, 11) is 2.90. The average Bonchev–Trinajstić information content (AvgIpc) is 3.38. The quantitative estimate of drug-likeness (QED) is 0.337. The summed E-state index contributed by atoms with van der Waals surface area (Å²) in [6.07, 6.45) is 6.90. The monoisotopic (exact) mass is 543 g/mol. The molecule has 1 aromatic heterocycles. The zero-order valence-corrected chi connectivity index (χ0v) is 23.6. The number of hydrogen-bond donors (Lipinski definition) is 2. The van der Waals surface area contributed by atoms with Crippen molar-refractivity contribution in [2.75, 3.05) is 45.8 Å². The smallest absolute Gasteiger partial charge is 0.325 e. The normalized spacial score (nSPS) is 18.4. The number of carboxylic acids is 1. The first kappa shape index (κ1) is 29.2. The predicted molar refractivity (Wildman–Crippen MR) is 148 cm³/mol. The topological polar surface area (TPSA) is 93.2 Å². The van der Waals surface area contributed by atoms with Crippen LogP contribution in [0.1, 0.15) is 74.4 Å². The SMILES string of the molecule is COc1c(F)cc(C(C)(C)OC)cc1[C@H](C(=O)O)N1CC[C@@H](OCCCCCc2ccc3c(n2)NCCC3)C1. The number of likely N-dealkylation sites (tertiary alicyclic amines) is 1. The fourth-order valence-electron chi connectivity index (χ4n) is 5.45. The molecule has 9 heteroatoms. The molecule has 39 heavy (non-hydrogen) atoms. The molecule has 2 atom stereocenters. The van der Waals surface area contributed by atoms with Crippen LogP contribution < -0.4 is 10.1 Å². The maximum atomic E-state index is 15.0. The highest BCUT2D eigenvalue weighted by atomic mass is 19.1. The van der Waals surface area contributed by atoms with Crippen molar-refractivity contribution in [1.82, 2.24) is 9.88 Å². The molecule has 2 N–H and O–H groups in total. The van der Waals surface area contributed by atoms with Crippen molar-refractivity contribution in [2.24, 2.45) is 0 Å². The molecule has 0 amide bonds. The van der Waals surface area contributed by atoms with Gasteiger partial charge in [-0.15, -0.1) is 0 Å². The molecule has 2 aliphatic rings. The molecule has 2 aromatic rings. The number of fused-ring (bicyclic) bond motifs is 1. The van der Waals surface area contributed by atoms with E-state index >= 15 is 0 Å². The second-order valence-electron chi connectivity index (χ2n) is 11.0. The highest BCUT2D eigenvalue weighted by Crippen LogP contribution is 2.38. The van der Waals surface area contributed by atoms with Crippen LogP contribution in [0, 0.1) is 5.82 Å². The Bertz CT molecular complexity index is 1140. The molecule has 2 aliphatic heterocycles. The number of ether oxygens (including phenoxy) is 3. The number of aryl methyl sites for hydroxylation is 2. The maximum absolute atomic E-state index is 15.0. The van der Waals surface area contributed by atoms with Crippen molar-refractivity contribution in [3.63, 3.8) is 0 Å². The van der Waals surface area contributed by atoms with Crippen LogP contribution in [0.2, 0.25) is 0 Å². The number of benzene rings is 1. The number of carboxylic acid groups (broad SMARTS) is 1. The van der Waals surface area contributed by atoms with Gasteiger partial charge < -0.3 is 24.6 Å². The van der Waals surface area contributed by atoms with Crippen LogP contribution in [0.4, 0.5) is 10.2 Å². The standard InChI is InChI=1S/C30H42FN3O5/c1-30(2,38-4)21-17-24(27(37-3)25(31)18-21)26(29(35)36)34-15-13-23(19-34)39-16-7-5-6-10-22-12-11-20-9-8-14-32-28(20)33-22/h11-12,17-18,23,26H,5-10,13-16,19H2,1-4H3,(H,32,33)(H,35,36)/t23-,26-/m1/s1. The van der Waals surface area contributed by atoms with E-state index in [-0.39, 0.29) is 17.4 Å². The number of hydrogen-bond acceptors (Lipinski definition) is 7. The second kappa shape index (κ2) is 13.1. The molecule has 0 unspecified atom stereocenters. The number of rotatable bonds is 13. The van der Waals surface area contributed by atoms with Gasteiger partial charge in [0.25, 0.3) is 0 Å². The molecule has 8 nitrogen and oxygen atoms in total. The van der Waals surface area contributed by atoms with E-state index in [2.05, 4.69) is 17.4 Å². The van der Waals surface area contributed by atoms with Gasteiger partial charge in [0.2, 0.25) is 0 Å². The Morgan fingerprint density at radius 1 is 1.26 bits per heavy atom. The van der Waals surface area contributed by atoms with Crippen LogP contribution in [0.25, 0.3) is 0 Å². The Balaban J connectivity index is 1.29. The molecule has 0 bridgehead atoms. The lowest BCUT2D eigenvalue weighted by Crippen LogP contribution is -2.34. The Kier molecular flexibility index (Phi) is 9.80. The molecule has 0 radical (unpaired) electrons. The highest BCUT2D eigenvalue weighted by Gasteiger charge is 2.37. The van der Waals surface area contributed by atoms with Crippen molar-refractivity contribution in [1.29, 1.82) is 0 Å². The van der Waals surface area contributed by atoms with E-state index in [9.17, 15) is 14.3 Å². The van der Waals surface area contributed by atoms with Crippen LogP contribution in [0.3, 0.4) is 0 Å². The van der Waals surface area contributed by atoms with Crippen LogP contribution in [-0.2, 0) is 32.7 Å². The van der Waals surface area contributed by atoms with Gasteiger partial charge in [0.05, 0.1) is 18.8 Å². The fourth-order valence-corrected chi connectivity index (χ4v) is 5.45. The van der Waals surface area contributed by atoms with Crippen LogP contribution in [0.5, 0.6) is 5.75 Å². The first-order valence-electron chi connectivity index (χ1n) is 14.0. The lowest BCUT2D eigenvalue weighted by atomic mass is 9.92. The van der Waals surface area contributed by atoms with E-state index in [1.165, 1.54) is 18.7 Å². The van der Waals surface area contributed by atoms with Crippen molar-refractivity contribution in [3.05, 3.63) is 52.5 Å². The summed E-state index contributed by atoms with van der Waals surface area (Å²) in [6.45, 7) is 6.26. The summed E-state index contributed by atoms with van der Waals surface area (Å²) in [5.41, 5.74) is 2.49. The zero-order chi connectivity index (χ0) is 28.0. The van der Waals surface area contributed by atoms with E-state index in [4.69, 9.17) is 19.2 Å². The van der Waals surface area contributed by atoms with Gasteiger partial charge in [-0.1, -0.05) is 12.5 Å². The minimum atomic E-state index is -1.05. The number of halogens is 1. The molecule has 1 aromatic carbocycles. The number of unbranched alkanes of at least 4 members (excludes halogenated alkanes) is 2. The number of aromatic nitrogens is 1. The van der Waals surface area contributed by atoms with Crippen LogP contribution >= 0.6 is 0 Å². The van der Waals surface area contributed by atoms with Gasteiger partial charge in [-0.2, -0.15) is 0 Å². The van der Waals surface area contributed by atoms with Gasteiger partial charge in [0.15, 0.2) is 11.6 Å². The van der Waals surface area contributed by atoms with Gasteiger partial charge in [-0.25, -0.2) is 9.37 Å². The van der Waals surface area contributed by atoms with Crippen molar-refractivity contribution in [2.45, 2.75) is 76.5 Å². The lowest BCUT2D eigenvalue weighted by molar-refractivity contribution is -0.143. The van der Waals surface area contributed by atoms with Gasteiger partial charge in [0.1, 0.15) is 11.9 Å². The van der Waals surface area contributed by atoms with Crippen molar-refractivity contribution in [3.8, 4) is 5.75 Å². The first-order valence-corrected chi connectivity index (χ1v) is 14.0. The number of nitrogens with one attached hydrogen (secondary N) is 1. The summed E-state index contributed by atoms with van der Waals surface area (Å²) < 4.78 is 31.9. The third kappa shape index (κ3) is 7.07. The number of carbonyl (C=O) groups is 1. The molecule has 0 spiro atoms. The molecule has 0 saturated carbocycles. The minimum absolute atomic E-state index is 0.0494. The molecule has 1 saturated heterocycles. The largest absolute Gasteiger partial charge is 0.493 e. The molecular weight excluding hydrogens is 501 g/mol. The van der Waals surface area contributed by atoms with Gasteiger partial charge in [-0.05, 0) is 81.7 Å². The van der Waals surface area contributed by atoms with Crippen molar-refractivity contribution < 1.29 is 28.5 Å². The van der Waals surface area contributed by atoms with E-state index in [0.29, 0.717) is 25.3 Å². The van der Waals surface area contributed by atoms with Gasteiger partial charge in [0, 0.05) is 44.6 Å². The summed E-state index contributed by atoms with van der Waals surface area (Å²) in [6, 6.07) is 6.32. The Morgan fingerprint density at radius 3 is 2.82 bits per heavy atom. The molecule has 214 valence electrons. The zero-order valence-electron chi connectivity index (χ0n) is 23.6. The molecular formula is C30H42FN3O5. The van der Waals surface area contributed by atoms with E-state index in [1.807, 2.05) is 18.7 Å². The minimum Gasteiger partial charge on any atom is -0.493 e. The summed E-state index contributed by atoms with van der Waals surface area (Å²) >= 11 is 0. The average molecular weight is 544 g/mol. The molecule has 1 fully saturated rings. The number of aliphatic carboxylic acids is 1. The third-order valence-corrected chi connectivity index (χ3v) is 7.93. The third-order valence-electron chi connectivity index (χ3n) is 7.93.